The van der Waals surface area contributed by atoms with Gasteiger partial charge in [0.15, 0.2) is 5.11 Å². The molecule has 1 N–H and O–H groups in total. The maximum atomic E-state index is 5.87. The number of ether oxygens (including phenoxy) is 2. The molecule has 5 heteroatoms. The minimum Gasteiger partial charge on any atom is -0.497 e. The summed E-state index contributed by atoms with van der Waals surface area (Å²) in [4.78, 5) is 2.15. The molecule has 3 aromatic carbocycles. The largest absolute Gasteiger partial charge is 0.497 e. The predicted molar refractivity (Wildman–Crippen MR) is 126 cm³/mol. The lowest BCUT2D eigenvalue weighted by Gasteiger charge is -2.24. The molecule has 0 radical (unpaired) electrons. The number of benzene rings is 3. The van der Waals surface area contributed by atoms with Crippen molar-refractivity contribution in [1.82, 2.24) is 10.2 Å². The SMILES string of the molecule is CCN(Cc1ccc(OCc2ccccc2)cc1)C(=S)NCc1ccc(OC)cc1. The van der Waals surface area contributed by atoms with Gasteiger partial charge in [0, 0.05) is 19.6 Å². The molecule has 0 aliphatic rings. The van der Waals surface area contributed by atoms with Crippen LogP contribution < -0.4 is 14.8 Å². The second-order valence-corrected chi connectivity index (χ2v) is 7.33. The van der Waals surface area contributed by atoms with Gasteiger partial charge >= 0.3 is 0 Å². The van der Waals surface area contributed by atoms with Gasteiger partial charge in [-0.15, -0.1) is 0 Å². The summed E-state index contributed by atoms with van der Waals surface area (Å²) in [5, 5.41) is 4.10. The van der Waals surface area contributed by atoms with E-state index in [1.165, 1.54) is 5.56 Å². The van der Waals surface area contributed by atoms with E-state index in [4.69, 9.17) is 21.7 Å². The molecule has 0 saturated heterocycles. The number of thiocarbonyl (C=S) groups is 1. The molecule has 0 spiro atoms. The maximum Gasteiger partial charge on any atom is 0.169 e. The van der Waals surface area contributed by atoms with Crippen LogP contribution in [0.2, 0.25) is 0 Å². The van der Waals surface area contributed by atoms with E-state index in [9.17, 15) is 0 Å². The molecular formula is C25H28N2O2S. The van der Waals surface area contributed by atoms with Crippen LogP contribution in [0.15, 0.2) is 78.9 Å². The van der Waals surface area contributed by atoms with Gasteiger partial charge in [-0.1, -0.05) is 54.6 Å². The number of rotatable bonds is 9. The second-order valence-electron chi connectivity index (χ2n) is 6.94. The van der Waals surface area contributed by atoms with E-state index in [0.29, 0.717) is 13.2 Å². The fourth-order valence-corrected chi connectivity index (χ4v) is 3.28. The molecule has 30 heavy (non-hydrogen) atoms. The van der Waals surface area contributed by atoms with E-state index in [-0.39, 0.29) is 0 Å². The molecule has 0 bridgehead atoms. The lowest BCUT2D eigenvalue weighted by Crippen LogP contribution is -2.38. The Morgan fingerprint density at radius 1 is 0.833 bits per heavy atom. The lowest BCUT2D eigenvalue weighted by molar-refractivity contribution is 0.306. The van der Waals surface area contributed by atoms with Crippen molar-refractivity contribution in [1.29, 1.82) is 0 Å². The van der Waals surface area contributed by atoms with Crippen molar-refractivity contribution in [3.63, 3.8) is 0 Å². The van der Waals surface area contributed by atoms with Crippen molar-refractivity contribution in [3.8, 4) is 11.5 Å². The summed E-state index contributed by atoms with van der Waals surface area (Å²) in [5.74, 6) is 1.72. The zero-order valence-electron chi connectivity index (χ0n) is 17.5. The number of hydrogen-bond acceptors (Lipinski definition) is 3. The summed E-state index contributed by atoms with van der Waals surface area (Å²) in [5.41, 5.74) is 3.51. The van der Waals surface area contributed by atoms with Crippen LogP contribution >= 0.6 is 12.2 Å². The molecule has 0 atom stereocenters. The molecule has 156 valence electrons. The molecule has 0 fully saturated rings. The average molecular weight is 421 g/mol. The molecule has 3 rings (SSSR count). The summed E-state index contributed by atoms with van der Waals surface area (Å²) in [6.07, 6.45) is 0. The lowest BCUT2D eigenvalue weighted by atomic mass is 10.2. The highest BCUT2D eigenvalue weighted by Crippen LogP contribution is 2.16. The van der Waals surface area contributed by atoms with Gasteiger partial charge in [-0.3, -0.25) is 0 Å². The van der Waals surface area contributed by atoms with E-state index >= 15 is 0 Å². The van der Waals surface area contributed by atoms with E-state index in [2.05, 4.69) is 41.4 Å². The van der Waals surface area contributed by atoms with Crippen molar-refractivity contribution in [2.24, 2.45) is 0 Å². The summed E-state index contributed by atoms with van der Waals surface area (Å²) < 4.78 is 11.1. The first-order valence-electron chi connectivity index (χ1n) is 10.1. The Hall–Kier alpha value is -3.05. The van der Waals surface area contributed by atoms with Gasteiger partial charge in [-0.2, -0.15) is 0 Å². The van der Waals surface area contributed by atoms with E-state index in [0.717, 1.165) is 40.8 Å². The predicted octanol–water partition coefficient (Wildman–Crippen LogP) is 5.17. The van der Waals surface area contributed by atoms with Crippen molar-refractivity contribution >= 4 is 17.3 Å². The molecule has 0 aromatic heterocycles. The number of hydrogen-bond donors (Lipinski definition) is 1. The Balaban J connectivity index is 1.49. The summed E-state index contributed by atoms with van der Waals surface area (Å²) in [7, 11) is 1.67. The third-order valence-electron chi connectivity index (χ3n) is 4.82. The van der Waals surface area contributed by atoms with E-state index in [1.54, 1.807) is 7.11 Å². The third kappa shape index (κ3) is 6.49. The Bertz CT molecular complexity index is 912. The third-order valence-corrected chi connectivity index (χ3v) is 5.22. The molecule has 0 amide bonds. The minimum absolute atomic E-state index is 0.570. The molecule has 0 aliphatic carbocycles. The molecular weight excluding hydrogens is 392 g/mol. The molecule has 3 aromatic rings. The summed E-state index contributed by atoms with van der Waals surface area (Å²) in [6.45, 7) is 4.95. The Labute approximate surface area is 184 Å². The van der Waals surface area contributed by atoms with Crippen LogP contribution in [0.5, 0.6) is 11.5 Å². The van der Waals surface area contributed by atoms with Crippen LogP contribution in [-0.2, 0) is 19.7 Å². The molecule has 0 heterocycles. The maximum absolute atomic E-state index is 5.87. The fraction of sp³-hybridized carbons (Fsp3) is 0.240. The summed E-state index contributed by atoms with van der Waals surface area (Å²) in [6, 6.07) is 26.4. The van der Waals surface area contributed by atoms with Crippen LogP contribution in [-0.4, -0.2) is 23.7 Å². The van der Waals surface area contributed by atoms with Crippen molar-refractivity contribution in [2.45, 2.75) is 26.6 Å². The van der Waals surface area contributed by atoms with Gasteiger partial charge in [0.1, 0.15) is 18.1 Å². The number of nitrogens with one attached hydrogen (secondary N) is 1. The first-order valence-corrected chi connectivity index (χ1v) is 10.5. The topological polar surface area (TPSA) is 33.7 Å². The van der Waals surface area contributed by atoms with Gasteiger partial charge < -0.3 is 19.7 Å². The van der Waals surface area contributed by atoms with E-state index < -0.39 is 0 Å². The molecule has 4 nitrogen and oxygen atoms in total. The van der Waals surface area contributed by atoms with Crippen LogP contribution in [0, 0.1) is 0 Å². The average Bonchev–Trinajstić information content (AvgIpc) is 2.81. The number of methoxy groups -OCH3 is 1. The minimum atomic E-state index is 0.570. The van der Waals surface area contributed by atoms with Gasteiger partial charge in [-0.05, 0) is 60.1 Å². The van der Waals surface area contributed by atoms with Crippen molar-refractivity contribution < 1.29 is 9.47 Å². The standard InChI is InChI=1S/C25H28N2O2S/c1-3-27(25(30)26-17-20-9-13-23(28-2)14-10-20)18-21-11-15-24(16-12-21)29-19-22-7-5-4-6-8-22/h4-16H,3,17-19H2,1-2H3,(H,26,30). The number of nitrogens with zero attached hydrogens (tertiary/aromatic N) is 1. The van der Waals surface area contributed by atoms with Crippen molar-refractivity contribution in [2.75, 3.05) is 13.7 Å². The van der Waals surface area contributed by atoms with Crippen LogP contribution in [0.4, 0.5) is 0 Å². The van der Waals surface area contributed by atoms with Crippen LogP contribution in [0.3, 0.4) is 0 Å². The fourth-order valence-electron chi connectivity index (χ4n) is 3.01. The van der Waals surface area contributed by atoms with Gasteiger partial charge in [0.25, 0.3) is 0 Å². The van der Waals surface area contributed by atoms with Gasteiger partial charge in [0.2, 0.25) is 0 Å². The van der Waals surface area contributed by atoms with E-state index in [1.807, 2.05) is 54.6 Å². The van der Waals surface area contributed by atoms with Gasteiger partial charge in [-0.25, -0.2) is 0 Å². The normalized spacial score (nSPS) is 10.3. The summed E-state index contributed by atoms with van der Waals surface area (Å²) >= 11 is 5.61. The highest BCUT2D eigenvalue weighted by Gasteiger charge is 2.09. The Morgan fingerprint density at radius 2 is 1.47 bits per heavy atom. The molecule has 0 aliphatic heterocycles. The zero-order chi connectivity index (χ0) is 21.2. The Kier molecular flexibility index (Phi) is 8.10. The molecule has 0 unspecified atom stereocenters. The highest BCUT2D eigenvalue weighted by molar-refractivity contribution is 7.80. The monoisotopic (exact) mass is 420 g/mol. The van der Waals surface area contributed by atoms with Crippen molar-refractivity contribution in [3.05, 3.63) is 95.6 Å². The quantitative estimate of drug-likeness (QED) is 0.483. The van der Waals surface area contributed by atoms with Gasteiger partial charge in [0.05, 0.1) is 7.11 Å². The second kappa shape index (κ2) is 11.2. The van der Waals surface area contributed by atoms with Crippen LogP contribution in [0.25, 0.3) is 0 Å². The smallest absolute Gasteiger partial charge is 0.169 e. The van der Waals surface area contributed by atoms with Crippen LogP contribution in [0.1, 0.15) is 23.6 Å². The Morgan fingerprint density at radius 3 is 2.10 bits per heavy atom. The molecule has 0 saturated carbocycles. The first kappa shape index (κ1) is 21.7. The highest BCUT2D eigenvalue weighted by atomic mass is 32.1. The first-order chi connectivity index (χ1) is 14.7. The zero-order valence-corrected chi connectivity index (χ0v) is 18.3.